The van der Waals surface area contributed by atoms with Gasteiger partial charge in [-0.25, -0.2) is 4.79 Å². The summed E-state index contributed by atoms with van der Waals surface area (Å²) >= 11 is 0. The largest absolute Gasteiger partial charge is 0.444 e. The van der Waals surface area contributed by atoms with Crippen LogP contribution in [0.4, 0.5) is 4.79 Å². The van der Waals surface area contributed by atoms with Crippen LogP contribution in [0.2, 0.25) is 0 Å². The van der Waals surface area contributed by atoms with E-state index in [4.69, 9.17) is 9.47 Å². The second-order valence-corrected chi connectivity index (χ2v) is 5.46. The number of hydrogen-bond acceptors (Lipinski definition) is 4. The van der Waals surface area contributed by atoms with Crippen molar-refractivity contribution in [2.75, 3.05) is 26.8 Å². The van der Waals surface area contributed by atoms with Crippen LogP contribution in [-0.4, -0.2) is 44.5 Å². The van der Waals surface area contributed by atoms with E-state index >= 15 is 0 Å². The molecular weight excluding hydrogens is 220 g/mol. The van der Waals surface area contributed by atoms with Gasteiger partial charge >= 0.3 is 6.09 Å². The fourth-order valence-electron chi connectivity index (χ4n) is 1.95. The number of ether oxygens (including phenoxy) is 2. The maximum atomic E-state index is 11.7. The first-order valence-corrected chi connectivity index (χ1v) is 6.11. The van der Waals surface area contributed by atoms with Crippen molar-refractivity contribution >= 4 is 6.09 Å². The molecule has 1 unspecified atom stereocenters. The smallest absolute Gasteiger partial charge is 0.407 e. The SMILES string of the molecule is COCC(NC(=O)OC(C)(C)C)[C@H]1CCNC1. The van der Waals surface area contributed by atoms with Crippen LogP contribution in [0.1, 0.15) is 27.2 Å². The third-order valence-corrected chi connectivity index (χ3v) is 2.72. The Kier molecular flexibility index (Phi) is 5.21. The molecule has 1 amide bonds. The van der Waals surface area contributed by atoms with Gasteiger partial charge in [-0.1, -0.05) is 0 Å². The van der Waals surface area contributed by atoms with Gasteiger partial charge < -0.3 is 20.1 Å². The molecular formula is C12H24N2O3. The molecule has 2 atom stereocenters. The molecule has 1 fully saturated rings. The van der Waals surface area contributed by atoms with Crippen molar-refractivity contribution in [2.45, 2.75) is 38.8 Å². The lowest BCUT2D eigenvalue weighted by Gasteiger charge is -2.26. The number of hydrogen-bond donors (Lipinski definition) is 2. The maximum absolute atomic E-state index is 11.7. The molecule has 0 saturated carbocycles. The number of nitrogens with one attached hydrogen (secondary N) is 2. The van der Waals surface area contributed by atoms with E-state index in [1.54, 1.807) is 7.11 Å². The molecule has 1 aliphatic rings. The van der Waals surface area contributed by atoms with E-state index in [-0.39, 0.29) is 12.1 Å². The monoisotopic (exact) mass is 244 g/mol. The van der Waals surface area contributed by atoms with Gasteiger partial charge in [0.1, 0.15) is 5.60 Å². The lowest BCUT2D eigenvalue weighted by Crippen LogP contribution is -2.46. The van der Waals surface area contributed by atoms with Crippen molar-refractivity contribution < 1.29 is 14.3 Å². The third-order valence-electron chi connectivity index (χ3n) is 2.72. The Morgan fingerprint density at radius 3 is 2.71 bits per heavy atom. The van der Waals surface area contributed by atoms with Crippen LogP contribution in [0.5, 0.6) is 0 Å². The van der Waals surface area contributed by atoms with E-state index in [1.807, 2.05) is 20.8 Å². The molecule has 5 heteroatoms. The van der Waals surface area contributed by atoms with Crippen LogP contribution in [0.3, 0.4) is 0 Å². The van der Waals surface area contributed by atoms with Gasteiger partial charge in [0.25, 0.3) is 0 Å². The van der Waals surface area contributed by atoms with E-state index in [1.165, 1.54) is 0 Å². The predicted molar refractivity (Wildman–Crippen MR) is 66.0 cm³/mol. The first-order chi connectivity index (χ1) is 7.92. The fourth-order valence-corrected chi connectivity index (χ4v) is 1.95. The van der Waals surface area contributed by atoms with E-state index in [0.717, 1.165) is 19.5 Å². The zero-order valence-corrected chi connectivity index (χ0v) is 11.2. The Bertz CT molecular complexity index is 245. The number of amides is 1. The van der Waals surface area contributed by atoms with E-state index in [9.17, 15) is 4.79 Å². The van der Waals surface area contributed by atoms with Crippen molar-refractivity contribution in [1.82, 2.24) is 10.6 Å². The summed E-state index contributed by atoms with van der Waals surface area (Å²) in [6, 6.07) is 0.0184. The number of carbonyl (C=O) groups excluding carboxylic acids is 1. The van der Waals surface area contributed by atoms with E-state index < -0.39 is 5.60 Å². The minimum atomic E-state index is -0.463. The summed E-state index contributed by atoms with van der Waals surface area (Å²) in [6.45, 7) is 8.01. The van der Waals surface area contributed by atoms with Gasteiger partial charge in [-0.15, -0.1) is 0 Å². The predicted octanol–water partition coefficient (Wildman–Crippen LogP) is 1.14. The second-order valence-electron chi connectivity index (χ2n) is 5.46. The summed E-state index contributed by atoms with van der Waals surface area (Å²) < 4.78 is 10.4. The van der Waals surface area contributed by atoms with Gasteiger partial charge in [0, 0.05) is 13.7 Å². The zero-order valence-electron chi connectivity index (χ0n) is 11.2. The molecule has 0 aromatic heterocycles. The van der Waals surface area contributed by atoms with Crippen molar-refractivity contribution in [3.8, 4) is 0 Å². The van der Waals surface area contributed by atoms with Crippen molar-refractivity contribution in [3.05, 3.63) is 0 Å². The Morgan fingerprint density at radius 1 is 1.53 bits per heavy atom. The highest BCUT2D eigenvalue weighted by molar-refractivity contribution is 5.68. The zero-order chi connectivity index (χ0) is 12.9. The molecule has 17 heavy (non-hydrogen) atoms. The molecule has 5 nitrogen and oxygen atoms in total. The molecule has 1 heterocycles. The summed E-state index contributed by atoms with van der Waals surface area (Å²) in [5, 5.41) is 6.18. The Labute approximate surface area is 103 Å². The first-order valence-electron chi connectivity index (χ1n) is 6.11. The van der Waals surface area contributed by atoms with Gasteiger partial charge in [0.15, 0.2) is 0 Å². The van der Waals surface area contributed by atoms with Gasteiger partial charge in [-0.2, -0.15) is 0 Å². The van der Waals surface area contributed by atoms with Crippen LogP contribution in [0.25, 0.3) is 0 Å². The van der Waals surface area contributed by atoms with Crippen LogP contribution < -0.4 is 10.6 Å². The Morgan fingerprint density at radius 2 is 2.24 bits per heavy atom. The molecule has 0 aliphatic carbocycles. The molecule has 1 aliphatic heterocycles. The normalized spacial score (nSPS) is 22.2. The number of rotatable bonds is 4. The summed E-state index contributed by atoms with van der Waals surface area (Å²) in [5.74, 6) is 0.419. The van der Waals surface area contributed by atoms with Crippen molar-refractivity contribution in [3.63, 3.8) is 0 Å². The highest BCUT2D eigenvalue weighted by atomic mass is 16.6. The summed E-state index contributed by atoms with van der Waals surface area (Å²) in [6.07, 6.45) is 0.690. The lowest BCUT2D eigenvalue weighted by molar-refractivity contribution is 0.0438. The molecule has 100 valence electrons. The molecule has 1 saturated heterocycles. The van der Waals surface area contributed by atoms with Crippen LogP contribution >= 0.6 is 0 Å². The van der Waals surface area contributed by atoms with Gasteiger partial charge in [-0.05, 0) is 39.7 Å². The van der Waals surface area contributed by atoms with Crippen molar-refractivity contribution in [2.24, 2.45) is 5.92 Å². The first kappa shape index (κ1) is 14.3. The molecule has 0 aromatic rings. The van der Waals surface area contributed by atoms with Crippen LogP contribution in [0.15, 0.2) is 0 Å². The molecule has 0 aromatic carbocycles. The highest BCUT2D eigenvalue weighted by Gasteiger charge is 2.27. The Hall–Kier alpha value is -0.810. The minimum absolute atomic E-state index is 0.0184. The molecule has 1 rings (SSSR count). The number of carbonyl (C=O) groups is 1. The second kappa shape index (κ2) is 6.21. The Balaban J connectivity index is 2.45. The van der Waals surface area contributed by atoms with Gasteiger partial charge in [-0.3, -0.25) is 0 Å². The van der Waals surface area contributed by atoms with Crippen LogP contribution in [0, 0.1) is 5.92 Å². The van der Waals surface area contributed by atoms with Gasteiger partial charge in [0.05, 0.1) is 12.6 Å². The molecule has 0 spiro atoms. The van der Waals surface area contributed by atoms with Crippen LogP contribution in [-0.2, 0) is 9.47 Å². The summed E-state index contributed by atoms with van der Waals surface area (Å²) in [4.78, 5) is 11.7. The molecule has 0 radical (unpaired) electrons. The van der Waals surface area contributed by atoms with Gasteiger partial charge in [0.2, 0.25) is 0 Å². The van der Waals surface area contributed by atoms with Crippen molar-refractivity contribution in [1.29, 1.82) is 0 Å². The fraction of sp³-hybridized carbons (Fsp3) is 0.917. The summed E-state index contributed by atoms with van der Waals surface area (Å²) in [5.41, 5.74) is -0.463. The standard InChI is InChI=1S/C12H24N2O3/c1-12(2,3)17-11(15)14-10(8-16-4)9-5-6-13-7-9/h9-10,13H,5-8H2,1-4H3,(H,14,15)/t9-,10?/m0/s1. The maximum Gasteiger partial charge on any atom is 0.407 e. The van der Waals surface area contributed by atoms with E-state index in [0.29, 0.717) is 12.5 Å². The molecule has 0 bridgehead atoms. The third kappa shape index (κ3) is 5.37. The van der Waals surface area contributed by atoms with E-state index in [2.05, 4.69) is 10.6 Å². The average molecular weight is 244 g/mol. The quantitative estimate of drug-likeness (QED) is 0.778. The lowest BCUT2D eigenvalue weighted by atomic mass is 10.00. The minimum Gasteiger partial charge on any atom is -0.444 e. The topological polar surface area (TPSA) is 59.6 Å². The number of alkyl carbamates (subject to hydrolysis) is 1. The average Bonchev–Trinajstić information content (AvgIpc) is 2.66. The highest BCUT2D eigenvalue weighted by Crippen LogP contribution is 2.14. The number of methoxy groups -OCH3 is 1. The molecule has 2 N–H and O–H groups in total. The summed E-state index contributed by atoms with van der Waals surface area (Å²) in [7, 11) is 1.64.